The molecule has 2 N–H and O–H groups in total. The first-order valence-corrected chi connectivity index (χ1v) is 12.0. The third-order valence-electron chi connectivity index (χ3n) is 6.05. The fourth-order valence-corrected chi connectivity index (χ4v) is 5.25. The fraction of sp³-hybridized carbons (Fsp3) is 0.321. The Morgan fingerprint density at radius 3 is 2.49 bits per heavy atom. The number of rotatable bonds is 5. The summed E-state index contributed by atoms with van der Waals surface area (Å²) in [4.78, 5) is 17.1. The van der Waals surface area contributed by atoms with Gasteiger partial charge in [0.05, 0.1) is 5.02 Å². The number of halogens is 1. The smallest absolute Gasteiger partial charge is 0.251 e. The first kappa shape index (κ1) is 24.7. The molecule has 2 aromatic carbocycles. The molecule has 0 unspecified atom stereocenters. The summed E-state index contributed by atoms with van der Waals surface area (Å²) in [6.07, 6.45) is 5.05. The van der Waals surface area contributed by atoms with Crippen molar-refractivity contribution in [2.24, 2.45) is 0 Å². The Morgan fingerprint density at radius 2 is 1.86 bits per heavy atom. The SMILES string of the molecule is CC1(C)CC(NC(=O)c2ccc(Oc3cccc(-c4cccnc4)c3C#N)c(Cl)c2)CC(C)(C)N1. The van der Waals surface area contributed by atoms with Crippen molar-refractivity contribution in [1.82, 2.24) is 15.6 Å². The third kappa shape index (κ3) is 5.82. The van der Waals surface area contributed by atoms with Crippen LogP contribution in [0.3, 0.4) is 0 Å². The largest absolute Gasteiger partial charge is 0.454 e. The van der Waals surface area contributed by atoms with Gasteiger partial charge in [0.2, 0.25) is 0 Å². The summed E-state index contributed by atoms with van der Waals surface area (Å²) in [5, 5.41) is 16.9. The molecule has 1 amide bonds. The van der Waals surface area contributed by atoms with E-state index in [1.165, 1.54) is 0 Å². The van der Waals surface area contributed by atoms with E-state index < -0.39 is 0 Å². The van der Waals surface area contributed by atoms with Gasteiger partial charge in [-0.25, -0.2) is 0 Å². The zero-order valence-electron chi connectivity index (χ0n) is 20.4. The van der Waals surface area contributed by atoms with Crippen LogP contribution in [0.15, 0.2) is 60.9 Å². The highest BCUT2D eigenvalue weighted by atomic mass is 35.5. The lowest BCUT2D eigenvalue weighted by Gasteiger charge is -2.46. The number of carbonyl (C=O) groups is 1. The molecule has 1 aliphatic heterocycles. The lowest BCUT2D eigenvalue weighted by atomic mass is 9.79. The number of hydrogen-bond donors (Lipinski definition) is 2. The Hall–Kier alpha value is -3.40. The summed E-state index contributed by atoms with van der Waals surface area (Å²) >= 11 is 6.50. The minimum atomic E-state index is -0.173. The molecule has 0 bridgehead atoms. The maximum Gasteiger partial charge on any atom is 0.251 e. The number of nitrogens with zero attached hydrogens (tertiary/aromatic N) is 2. The molecule has 6 nitrogen and oxygen atoms in total. The molecule has 0 atom stereocenters. The summed E-state index contributed by atoms with van der Waals surface area (Å²) in [5.41, 5.74) is 2.24. The van der Waals surface area contributed by atoms with Crippen LogP contribution in [0.1, 0.15) is 56.5 Å². The van der Waals surface area contributed by atoms with Crippen molar-refractivity contribution in [3.8, 4) is 28.7 Å². The number of ether oxygens (including phenoxy) is 1. The number of benzene rings is 2. The van der Waals surface area contributed by atoms with E-state index in [0.717, 1.165) is 24.0 Å². The Labute approximate surface area is 211 Å². The molecule has 0 saturated carbocycles. The predicted molar refractivity (Wildman–Crippen MR) is 138 cm³/mol. The Morgan fingerprint density at radius 1 is 1.11 bits per heavy atom. The first-order valence-electron chi connectivity index (χ1n) is 11.6. The molecule has 0 spiro atoms. The minimum absolute atomic E-state index is 0.0526. The van der Waals surface area contributed by atoms with Crippen LogP contribution in [0.4, 0.5) is 0 Å². The predicted octanol–water partition coefficient (Wildman–Crippen LogP) is 6.10. The maximum absolute atomic E-state index is 13.0. The quantitative estimate of drug-likeness (QED) is 0.452. The van der Waals surface area contributed by atoms with Gasteiger partial charge in [-0.05, 0) is 70.9 Å². The van der Waals surface area contributed by atoms with Crippen molar-refractivity contribution in [2.75, 3.05) is 0 Å². The molecule has 35 heavy (non-hydrogen) atoms. The molecule has 1 aromatic heterocycles. The maximum atomic E-state index is 13.0. The lowest BCUT2D eigenvalue weighted by molar-refractivity contribution is 0.0873. The summed E-state index contributed by atoms with van der Waals surface area (Å²) in [6, 6.07) is 16.3. The number of nitrogens with one attached hydrogen (secondary N) is 2. The number of hydrogen-bond acceptors (Lipinski definition) is 5. The fourth-order valence-electron chi connectivity index (χ4n) is 5.03. The van der Waals surface area contributed by atoms with Crippen molar-refractivity contribution < 1.29 is 9.53 Å². The van der Waals surface area contributed by atoms with Gasteiger partial charge < -0.3 is 15.4 Å². The monoisotopic (exact) mass is 488 g/mol. The molecule has 0 radical (unpaired) electrons. The summed E-state index contributed by atoms with van der Waals surface area (Å²) in [5.74, 6) is 0.576. The highest BCUT2D eigenvalue weighted by molar-refractivity contribution is 6.32. The number of nitriles is 1. The minimum Gasteiger partial charge on any atom is -0.454 e. The second kappa shape index (κ2) is 9.69. The Bertz CT molecular complexity index is 1270. The Balaban J connectivity index is 1.53. The van der Waals surface area contributed by atoms with E-state index in [2.05, 4.69) is 49.4 Å². The van der Waals surface area contributed by atoms with Gasteiger partial charge in [0.15, 0.2) is 0 Å². The summed E-state index contributed by atoms with van der Waals surface area (Å²) in [6.45, 7) is 8.59. The second-order valence-electron chi connectivity index (χ2n) is 10.3. The van der Waals surface area contributed by atoms with Gasteiger partial charge in [-0.1, -0.05) is 29.8 Å². The van der Waals surface area contributed by atoms with Crippen molar-refractivity contribution in [2.45, 2.75) is 57.7 Å². The molecule has 0 aliphatic carbocycles. The molecule has 180 valence electrons. The van der Waals surface area contributed by atoms with Crippen LogP contribution in [0, 0.1) is 11.3 Å². The van der Waals surface area contributed by atoms with Gasteiger partial charge in [0.25, 0.3) is 5.91 Å². The number of pyridine rings is 1. The number of amides is 1. The topological polar surface area (TPSA) is 87.0 Å². The second-order valence-corrected chi connectivity index (χ2v) is 10.7. The van der Waals surface area contributed by atoms with Gasteiger partial charge in [0, 0.05) is 46.2 Å². The number of piperidine rings is 1. The van der Waals surface area contributed by atoms with Crippen molar-refractivity contribution in [3.63, 3.8) is 0 Å². The lowest BCUT2D eigenvalue weighted by Crippen LogP contribution is -2.62. The van der Waals surface area contributed by atoms with Crippen LogP contribution < -0.4 is 15.4 Å². The highest BCUT2D eigenvalue weighted by Gasteiger charge is 2.38. The van der Waals surface area contributed by atoms with Crippen LogP contribution in [-0.4, -0.2) is 28.0 Å². The molecular formula is C28H29ClN4O2. The zero-order valence-corrected chi connectivity index (χ0v) is 21.1. The molecular weight excluding hydrogens is 460 g/mol. The Kier molecular flexibility index (Phi) is 6.84. The van der Waals surface area contributed by atoms with Crippen LogP contribution in [0.25, 0.3) is 11.1 Å². The van der Waals surface area contributed by atoms with E-state index >= 15 is 0 Å². The number of aromatic nitrogens is 1. The van der Waals surface area contributed by atoms with Crippen molar-refractivity contribution in [1.29, 1.82) is 5.26 Å². The van der Waals surface area contributed by atoms with Crippen molar-refractivity contribution >= 4 is 17.5 Å². The molecule has 1 fully saturated rings. The third-order valence-corrected chi connectivity index (χ3v) is 6.35. The van der Waals surface area contributed by atoms with Gasteiger partial charge in [-0.3, -0.25) is 9.78 Å². The van der Waals surface area contributed by atoms with E-state index in [1.807, 2.05) is 24.3 Å². The van der Waals surface area contributed by atoms with E-state index in [0.29, 0.717) is 27.6 Å². The van der Waals surface area contributed by atoms with Gasteiger partial charge in [-0.2, -0.15) is 5.26 Å². The van der Waals surface area contributed by atoms with Gasteiger partial charge in [0.1, 0.15) is 23.1 Å². The molecule has 7 heteroatoms. The van der Waals surface area contributed by atoms with Crippen LogP contribution in [0.5, 0.6) is 11.5 Å². The summed E-state index contributed by atoms with van der Waals surface area (Å²) < 4.78 is 6.02. The van der Waals surface area contributed by atoms with Gasteiger partial charge in [-0.15, -0.1) is 0 Å². The van der Waals surface area contributed by atoms with E-state index in [4.69, 9.17) is 16.3 Å². The average Bonchev–Trinajstić information content (AvgIpc) is 2.78. The normalized spacial score (nSPS) is 16.8. The molecule has 4 rings (SSSR count). The standard InChI is InChI=1S/C28H29ClN4O2/c1-27(2)14-20(15-28(3,4)33-27)32-26(34)18-10-11-25(23(29)13-18)35-24-9-5-8-21(22(24)16-30)19-7-6-12-31-17-19/h5-13,17,20,33H,14-15H2,1-4H3,(H,32,34). The highest BCUT2D eigenvalue weighted by Crippen LogP contribution is 2.36. The van der Waals surface area contributed by atoms with Crippen LogP contribution >= 0.6 is 11.6 Å². The molecule has 1 saturated heterocycles. The average molecular weight is 489 g/mol. The van der Waals surface area contributed by atoms with Crippen molar-refractivity contribution in [3.05, 3.63) is 77.1 Å². The molecule has 3 aromatic rings. The van der Waals surface area contributed by atoms with Gasteiger partial charge >= 0.3 is 0 Å². The first-order chi connectivity index (χ1) is 16.6. The van der Waals surface area contributed by atoms with Crippen LogP contribution in [-0.2, 0) is 0 Å². The molecule has 1 aliphatic rings. The van der Waals surface area contributed by atoms with E-state index in [1.54, 1.807) is 36.7 Å². The van der Waals surface area contributed by atoms with E-state index in [9.17, 15) is 10.1 Å². The summed E-state index contributed by atoms with van der Waals surface area (Å²) in [7, 11) is 0. The van der Waals surface area contributed by atoms with E-state index in [-0.39, 0.29) is 23.0 Å². The van der Waals surface area contributed by atoms with Crippen LogP contribution in [0.2, 0.25) is 5.02 Å². The molecule has 2 heterocycles. The number of carbonyl (C=O) groups excluding carboxylic acids is 1. The zero-order chi connectivity index (χ0) is 25.2.